The predicted octanol–water partition coefficient (Wildman–Crippen LogP) is 2.23. The van der Waals surface area contributed by atoms with Crippen LogP contribution in [0.3, 0.4) is 0 Å². The van der Waals surface area contributed by atoms with Gasteiger partial charge in [-0.15, -0.1) is 0 Å². The van der Waals surface area contributed by atoms with E-state index in [9.17, 15) is 18.0 Å². The maximum atomic E-state index is 12.5. The summed E-state index contributed by atoms with van der Waals surface area (Å²) in [7, 11) is 0. The summed E-state index contributed by atoms with van der Waals surface area (Å²) in [5, 5.41) is 9.88. The summed E-state index contributed by atoms with van der Waals surface area (Å²) in [5.74, 6) is 0.618. The van der Waals surface area contributed by atoms with Crippen LogP contribution in [0, 0.1) is 6.92 Å². The van der Waals surface area contributed by atoms with Gasteiger partial charge in [-0.1, -0.05) is 0 Å². The van der Waals surface area contributed by atoms with Crippen molar-refractivity contribution in [1.82, 2.24) is 30.0 Å². The third-order valence-electron chi connectivity index (χ3n) is 3.64. The first-order valence-electron chi connectivity index (χ1n) is 8.23. The first-order chi connectivity index (χ1) is 13.3. The van der Waals surface area contributed by atoms with Crippen molar-refractivity contribution in [3.8, 4) is 5.82 Å². The van der Waals surface area contributed by atoms with Gasteiger partial charge in [0.05, 0.1) is 11.3 Å². The number of nitrogens with zero attached hydrogens (tertiary/aromatic N) is 5. The Morgan fingerprint density at radius 1 is 1.14 bits per heavy atom. The van der Waals surface area contributed by atoms with E-state index in [1.54, 1.807) is 16.9 Å². The molecule has 0 saturated carbocycles. The maximum absolute atomic E-state index is 12.5. The van der Waals surface area contributed by atoms with E-state index >= 15 is 0 Å². The molecule has 8 nitrogen and oxygen atoms in total. The second kappa shape index (κ2) is 8.03. The fourth-order valence-corrected chi connectivity index (χ4v) is 2.28. The maximum Gasteiger partial charge on any atom is 0.433 e. The smallest absolute Gasteiger partial charge is 0.368 e. The monoisotopic (exact) mass is 391 g/mol. The molecule has 0 saturated heterocycles. The van der Waals surface area contributed by atoms with Crippen LogP contribution in [-0.2, 0) is 6.18 Å². The van der Waals surface area contributed by atoms with E-state index in [1.165, 1.54) is 6.33 Å². The van der Waals surface area contributed by atoms with Crippen LogP contribution in [0.4, 0.5) is 19.0 Å². The number of hydrogen-bond acceptors (Lipinski definition) is 6. The Bertz CT molecular complexity index is 954. The van der Waals surface area contributed by atoms with Crippen LogP contribution < -0.4 is 10.6 Å². The number of alkyl halides is 3. The van der Waals surface area contributed by atoms with E-state index < -0.39 is 17.8 Å². The topological polar surface area (TPSA) is 97.6 Å². The first kappa shape index (κ1) is 19.3. The summed E-state index contributed by atoms with van der Waals surface area (Å²) in [6.07, 6.45) is -0.473. The number of amides is 1. The SMILES string of the molecule is Cc1ccn(-c2cc(NCCNC(=O)c3ccc(C(F)(F)F)nc3)ncn2)n1. The summed E-state index contributed by atoms with van der Waals surface area (Å²) in [6.45, 7) is 2.46. The highest BCUT2D eigenvalue weighted by Crippen LogP contribution is 2.27. The highest BCUT2D eigenvalue weighted by molar-refractivity contribution is 5.93. The van der Waals surface area contributed by atoms with E-state index in [2.05, 4.69) is 30.7 Å². The van der Waals surface area contributed by atoms with Gasteiger partial charge in [0.1, 0.15) is 17.8 Å². The number of carbonyl (C=O) groups excluding carboxylic acids is 1. The fraction of sp³-hybridized carbons (Fsp3) is 0.235. The Kier molecular flexibility index (Phi) is 5.52. The van der Waals surface area contributed by atoms with Gasteiger partial charge >= 0.3 is 6.18 Å². The lowest BCUT2D eigenvalue weighted by Gasteiger charge is -2.09. The number of anilines is 1. The van der Waals surface area contributed by atoms with Gasteiger partial charge in [0.25, 0.3) is 5.91 Å². The summed E-state index contributed by atoms with van der Waals surface area (Å²) in [4.78, 5) is 23.4. The zero-order valence-corrected chi connectivity index (χ0v) is 14.7. The third-order valence-corrected chi connectivity index (χ3v) is 3.64. The molecule has 3 heterocycles. The molecule has 0 aliphatic carbocycles. The number of nitrogens with one attached hydrogen (secondary N) is 2. The van der Waals surface area contributed by atoms with Crippen LogP contribution in [0.5, 0.6) is 0 Å². The van der Waals surface area contributed by atoms with Crippen LogP contribution >= 0.6 is 0 Å². The van der Waals surface area contributed by atoms with Crippen LogP contribution in [0.25, 0.3) is 5.82 Å². The molecule has 11 heteroatoms. The molecule has 28 heavy (non-hydrogen) atoms. The van der Waals surface area contributed by atoms with Gasteiger partial charge in [0.15, 0.2) is 5.82 Å². The molecule has 0 unspecified atom stereocenters. The Balaban J connectivity index is 1.50. The van der Waals surface area contributed by atoms with Gasteiger partial charge < -0.3 is 10.6 Å². The number of halogens is 3. The molecule has 0 radical (unpaired) electrons. The second-order valence-corrected chi connectivity index (χ2v) is 5.78. The summed E-state index contributed by atoms with van der Waals surface area (Å²) in [6, 6.07) is 5.41. The molecule has 3 rings (SSSR count). The van der Waals surface area contributed by atoms with E-state index in [1.807, 2.05) is 13.0 Å². The molecule has 0 spiro atoms. The molecular formula is C17H16F3N7O. The van der Waals surface area contributed by atoms with Gasteiger partial charge in [-0.3, -0.25) is 9.78 Å². The number of aryl methyl sites for hydroxylation is 1. The van der Waals surface area contributed by atoms with Crippen molar-refractivity contribution in [3.05, 3.63) is 59.9 Å². The molecule has 0 atom stereocenters. The van der Waals surface area contributed by atoms with Crippen molar-refractivity contribution >= 4 is 11.7 Å². The highest BCUT2D eigenvalue weighted by atomic mass is 19.4. The van der Waals surface area contributed by atoms with Crippen LogP contribution in [0.1, 0.15) is 21.7 Å². The molecule has 3 aromatic heterocycles. The molecule has 0 fully saturated rings. The van der Waals surface area contributed by atoms with Gasteiger partial charge in [-0.05, 0) is 25.1 Å². The number of pyridine rings is 1. The highest BCUT2D eigenvalue weighted by Gasteiger charge is 2.32. The minimum absolute atomic E-state index is 0.0476. The van der Waals surface area contributed by atoms with Gasteiger partial charge in [-0.25, -0.2) is 14.6 Å². The van der Waals surface area contributed by atoms with Crippen LogP contribution in [0.15, 0.2) is 43.0 Å². The number of hydrogen-bond donors (Lipinski definition) is 2. The number of rotatable bonds is 6. The first-order valence-corrected chi connectivity index (χ1v) is 8.23. The molecule has 0 aliphatic rings. The Morgan fingerprint density at radius 2 is 1.96 bits per heavy atom. The Labute approximate surface area is 157 Å². The van der Waals surface area contributed by atoms with Gasteiger partial charge in [0, 0.05) is 31.5 Å². The lowest BCUT2D eigenvalue weighted by atomic mass is 10.2. The standard InChI is InChI=1S/C17H16F3N7O/c1-11-4-7-27(26-11)15-8-14(24-10-25-15)21-5-6-22-16(28)12-2-3-13(23-9-12)17(18,19)20/h2-4,7-10H,5-6H2,1H3,(H,22,28)(H,21,24,25). The lowest BCUT2D eigenvalue weighted by Crippen LogP contribution is -2.29. The van der Waals surface area contributed by atoms with Crippen molar-refractivity contribution in [1.29, 1.82) is 0 Å². The molecule has 0 bridgehead atoms. The number of aromatic nitrogens is 5. The number of carbonyl (C=O) groups is 1. The molecule has 146 valence electrons. The largest absolute Gasteiger partial charge is 0.433 e. The van der Waals surface area contributed by atoms with Crippen molar-refractivity contribution in [2.75, 3.05) is 18.4 Å². The van der Waals surface area contributed by atoms with E-state index in [0.717, 1.165) is 24.0 Å². The third kappa shape index (κ3) is 4.81. The fourth-order valence-electron chi connectivity index (χ4n) is 2.28. The quantitative estimate of drug-likeness (QED) is 0.626. The van der Waals surface area contributed by atoms with Crippen molar-refractivity contribution in [3.63, 3.8) is 0 Å². The zero-order valence-electron chi connectivity index (χ0n) is 14.7. The molecule has 2 N–H and O–H groups in total. The van der Waals surface area contributed by atoms with Crippen LogP contribution in [-0.4, -0.2) is 43.7 Å². The minimum Gasteiger partial charge on any atom is -0.368 e. The van der Waals surface area contributed by atoms with Gasteiger partial charge in [0.2, 0.25) is 0 Å². The molecule has 0 aliphatic heterocycles. The van der Waals surface area contributed by atoms with Gasteiger partial charge in [-0.2, -0.15) is 18.3 Å². The molecule has 0 aromatic carbocycles. The molecule has 1 amide bonds. The van der Waals surface area contributed by atoms with E-state index in [4.69, 9.17) is 0 Å². The minimum atomic E-state index is -4.54. The van der Waals surface area contributed by atoms with Crippen molar-refractivity contribution < 1.29 is 18.0 Å². The average molecular weight is 391 g/mol. The summed E-state index contributed by atoms with van der Waals surface area (Å²) < 4.78 is 39.1. The molecule has 3 aromatic rings. The van der Waals surface area contributed by atoms with Crippen LogP contribution in [0.2, 0.25) is 0 Å². The van der Waals surface area contributed by atoms with Crippen molar-refractivity contribution in [2.45, 2.75) is 13.1 Å². The summed E-state index contributed by atoms with van der Waals surface area (Å²) >= 11 is 0. The van der Waals surface area contributed by atoms with Crippen molar-refractivity contribution in [2.24, 2.45) is 0 Å². The molecular weight excluding hydrogens is 375 g/mol. The summed E-state index contributed by atoms with van der Waals surface area (Å²) in [5.41, 5.74) is -0.141. The zero-order chi connectivity index (χ0) is 20.1. The Morgan fingerprint density at radius 3 is 2.61 bits per heavy atom. The lowest BCUT2D eigenvalue weighted by molar-refractivity contribution is -0.141. The Hall–Kier alpha value is -3.50. The average Bonchev–Trinajstić information content (AvgIpc) is 3.11. The van der Waals surface area contributed by atoms with E-state index in [-0.39, 0.29) is 12.1 Å². The second-order valence-electron chi connectivity index (χ2n) is 5.78. The van der Waals surface area contributed by atoms with E-state index in [0.29, 0.717) is 18.2 Å². The normalized spacial score (nSPS) is 11.3. The predicted molar refractivity (Wildman–Crippen MR) is 94.0 cm³/mol.